The van der Waals surface area contributed by atoms with Crippen molar-refractivity contribution in [1.82, 2.24) is 31.3 Å². The van der Waals surface area contributed by atoms with E-state index in [0.717, 1.165) is 51.3 Å². The minimum atomic E-state index is 0.147. The molecule has 3 unspecified atom stereocenters. The first-order valence-corrected chi connectivity index (χ1v) is 8.37. The Morgan fingerprint density at radius 3 is 2.70 bits per heavy atom. The number of rotatable bonds is 2. The van der Waals surface area contributed by atoms with Gasteiger partial charge in [-0.1, -0.05) is 0 Å². The number of carbonyl (C=O) groups is 1. The molecule has 1 amide bonds. The average molecular weight is 317 g/mol. The van der Waals surface area contributed by atoms with Crippen LogP contribution in [0.25, 0.3) is 0 Å². The maximum atomic E-state index is 12.8. The van der Waals surface area contributed by atoms with Crippen molar-refractivity contribution in [3.05, 3.63) is 18.6 Å². The van der Waals surface area contributed by atoms with Crippen LogP contribution in [0.2, 0.25) is 0 Å². The number of hydrazine groups is 2. The molecular formula is C15H23N7O. The van der Waals surface area contributed by atoms with Gasteiger partial charge in [-0.15, -0.1) is 0 Å². The van der Waals surface area contributed by atoms with E-state index in [4.69, 9.17) is 0 Å². The van der Waals surface area contributed by atoms with Gasteiger partial charge >= 0.3 is 0 Å². The van der Waals surface area contributed by atoms with Crippen LogP contribution >= 0.6 is 0 Å². The van der Waals surface area contributed by atoms with Gasteiger partial charge in [0, 0.05) is 56.6 Å². The summed E-state index contributed by atoms with van der Waals surface area (Å²) in [6.45, 7) is 3.18. The Morgan fingerprint density at radius 1 is 1.09 bits per heavy atom. The molecule has 3 heterocycles. The number of anilines is 1. The van der Waals surface area contributed by atoms with Crippen molar-refractivity contribution < 1.29 is 4.79 Å². The van der Waals surface area contributed by atoms with E-state index in [0.29, 0.717) is 18.0 Å². The maximum Gasteiger partial charge on any atom is 0.225 e. The second-order valence-electron chi connectivity index (χ2n) is 6.51. The average Bonchev–Trinajstić information content (AvgIpc) is 3.10. The highest BCUT2D eigenvalue weighted by atomic mass is 16.2. The maximum absolute atomic E-state index is 12.8. The smallest absolute Gasteiger partial charge is 0.225 e. The summed E-state index contributed by atoms with van der Waals surface area (Å²) in [5, 5.41) is 0. The van der Waals surface area contributed by atoms with Crippen molar-refractivity contribution >= 4 is 11.7 Å². The third kappa shape index (κ3) is 3.01. The van der Waals surface area contributed by atoms with Gasteiger partial charge in [0.25, 0.3) is 0 Å². The second kappa shape index (κ2) is 6.38. The number of aromatic nitrogens is 2. The van der Waals surface area contributed by atoms with Gasteiger partial charge in [0.15, 0.2) is 0 Å². The van der Waals surface area contributed by atoms with Crippen LogP contribution in [0.4, 0.5) is 5.82 Å². The Hall–Kier alpha value is -1.77. The fourth-order valence-electron chi connectivity index (χ4n) is 3.82. The molecule has 2 aliphatic heterocycles. The molecule has 8 nitrogen and oxygen atoms in total. The van der Waals surface area contributed by atoms with Crippen molar-refractivity contribution in [3.8, 4) is 0 Å². The Labute approximate surface area is 135 Å². The summed E-state index contributed by atoms with van der Waals surface area (Å²) in [5.74, 6) is 1.36. The summed E-state index contributed by atoms with van der Waals surface area (Å²) in [6, 6.07) is 0.811. The molecule has 23 heavy (non-hydrogen) atoms. The lowest BCUT2D eigenvalue weighted by molar-refractivity contribution is -0.137. The molecule has 8 heteroatoms. The third-order valence-corrected chi connectivity index (χ3v) is 5.18. The Balaban J connectivity index is 1.32. The number of piperazine rings is 1. The SMILES string of the molecule is O=C(C1CCC2NNNC2C1)N1CCN(c2cnccn2)CC1. The van der Waals surface area contributed by atoms with Crippen molar-refractivity contribution in [2.75, 3.05) is 31.1 Å². The van der Waals surface area contributed by atoms with Crippen LogP contribution in [-0.2, 0) is 4.79 Å². The molecule has 2 saturated heterocycles. The molecule has 3 fully saturated rings. The van der Waals surface area contributed by atoms with Gasteiger partial charge in [0.05, 0.1) is 6.20 Å². The molecule has 1 aromatic rings. The minimum absolute atomic E-state index is 0.147. The van der Waals surface area contributed by atoms with Crippen molar-refractivity contribution in [3.63, 3.8) is 0 Å². The molecule has 4 rings (SSSR count). The van der Waals surface area contributed by atoms with E-state index in [9.17, 15) is 4.79 Å². The van der Waals surface area contributed by atoms with Crippen molar-refractivity contribution in [1.29, 1.82) is 0 Å². The van der Waals surface area contributed by atoms with Gasteiger partial charge in [-0.3, -0.25) is 9.78 Å². The monoisotopic (exact) mass is 317 g/mol. The molecule has 0 spiro atoms. The summed E-state index contributed by atoms with van der Waals surface area (Å²) in [7, 11) is 0. The molecule has 1 aliphatic carbocycles. The fourth-order valence-corrected chi connectivity index (χ4v) is 3.82. The Bertz CT molecular complexity index is 546. The van der Waals surface area contributed by atoms with Gasteiger partial charge in [0.1, 0.15) is 5.82 Å². The Morgan fingerprint density at radius 2 is 1.91 bits per heavy atom. The van der Waals surface area contributed by atoms with E-state index in [-0.39, 0.29) is 5.92 Å². The summed E-state index contributed by atoms with van der Waals surface area (Å²) in [6.07, 6.45) is 8.10. The normalized spacial score (nSPS) is 31.0. The zero-order valence-electron chi connectivity index (χ0n) is 13.1. The van der Waals surface area contributed by atoms with Crippen LogP contribution in [0.3, 0.4) is 0 Å². The molecule has 3 atom stereocenters. The number of amides is 1. The fraction of sp³-hybridized carbons (Fsp3) is 0.667. The number of carbonyl (C=O) groups excluding carboxylic acids is 1. The molecule has 1 saturated carbocycles. The van der Waals surface area contributed by atoms with Gasteiger partial charge in [-0.25, -0.2) is 15.8 Å². The third-order valence-electron chi connectivity index (χ3n) is 5.18. The van der Waals surface area contributed by atoms with Crippen LogP contribution in [0.5, 0.6) is 0 Å². The lowest BCUT2D eigenvalue weighted by Gasteiger charge is -2.38. The van der Waals surface area contributed by atoms with Gasteiger partial charge in [0.2, 0.25) is 5.91 Å². The molecular weight excluding hydrogens is 294 g/mol. The van der Waals surface area contributed by atoms with E-state index in [2.05, 4.69) is 31.3 Å². The van der Waals surface area contributed by atoms with Crippen molar-refractivity contribution in [2.24, 2.45) is 5.92 Å². The van der Waals surface area contributed by atoms with E-state index in [1.54, 1.807) is 18.6 Å². The van der Waals surface area contributed by atoms with E-state index in [1.807, 2.05) is 4.90 Å². The standard InChI is InChI=1S/C15H23N7O/c23-15(11-1-2-12-13(9-11)19-20-18-12)22-7-5-21(6-8-22)14-10-16-3-4-17-14/h3-4,10-13,18-20H,1-2,5-9H2. The highest BCUT2D eigenvalue weighted by molar-refractivity contribution is 5.79. The number of hydrogen-bond acceptors (Lipinski definition) is 7. The number of fused-ring (bicyclic) bond motifs is 1. The molecule has 0 radical (unpaired) electrons. The predicted molar refractivity (Wildman–Crippen MR) is 85.1 cm³/mol. The van der Waals surface area contributed by atoms with E-state index < -0.39 is 0 Å². The Kier molecular flexibility index (Phi) is 4.11. The quantitative estimate of drug-likeness (QED) is 0.663. The minimum Gasteiger partial charge on any atom is -0.352 e. The van der Waals surface area contributed by atoms with Crippen LogP contribution in [0.15, 0.2) is 18.6 Å². The van der Waals surface area contributed by atoms with Gasteiger partial charge in [-0.05, 0) is 19.3 Å². The van der Waals surface area contributed by atoms with Crippen LogP contribution in [-0.4, -0.2) is 59.0 Å². The first-order chi connectivity index (χ1) is 11.3. The zero-order chi connectivity index (χ0) is 15.6. The number of hydrogen-bond donors (Lipinski definition) is 3. The zero-order valence-corrected chi connectivity index (χ0v) is 13.1. The van der Waals surface area contributed by atoms with E-state index >= 15 is 0 Å². The van der Waals surface area contributed by atoms with Crippen LogP contribution in [0.1, 0.15) is 19.3 Å². The highest BCUT2D eigenvalue weighted by Gasteiger charge is 2.38. The summed E-state index contributed by atoms with van der Waals surface area (Å²) >= 11 is 0. The van der Waals surface area contributed by atoms with Crippen LogP contribution in [0, 0.1) is 5.92 Å². The number of nitrogens with zero attached hydrogens (tertiary/aromatic N) is 4. The molecule has 0 aromatic carbocycles. The predicted octanol–water partition coefficient (Wildman–Crippen LogP) is -0.725. The largest absolute Gasteiger partial charge is 0.352 e. The summed E-state index contributed by atoms with van der Waals surface area (Å²) in [4.78, 5) is 25.5. The highest BCUT2D eigenvalue weighted by Crippen LogP contribution is 2.28. The number of nitrogens with one attached hydrogen (secondary N) is 3. The first-order valence-electron chi connectivity index (χ1n) is 8.37. The molecule has 124 valence electrons. The van der Waals surface area contributed by atoms with Crippen molar-refractivity contribution in [2.45, 2.75) is 31.3 Å². The molecule has 1 aromatic heterocycles. The van der Waals surface area contributed by atoms with Gasteiger partial charge < -0.3 is 9.80 Å². The summed E-state index contributed by atoms with van der Waals surface area (Å²) in [5.41, 5.74) is 9.42. The van der Waals surface area contributed by atoms with Crippen LogP contribution < -0.4 is 21.3 Å². The lowest BCUT2D eigenvalue weighted by Crippen LogP contribution is -2.52. The second-order valence-corrected chi connectivity index (χ2v) is 6.51. The topological polar surface area (TPSA) is 85.4 Å². The van der Waals surface area contributed by atoms with E-state index in [1.165, 1.54) is 0 Å². The molecule has 0 bridgehead atoms. The summed E-state index contributed by atoms with van der Waals surface area (Å²) < 4.78 is 0. The lowest BCUT2D eigenvalue weighted by atomic mass is 9.82. The molecule has 3 N–H and O–H groups in total. The molecule has 3 aliphatic rings. The van der Waals surface area contributed by atoms with Gasteiger partial charge in [-0.2, -0.15) is 5.53 Å². The first kappa shape index (κ1) is 14.8.